The lowest BCUT2D eigenvalue weighted by atomic mass is 10.1. The van der Waals surface area contributed by atoms with Crippen LogP contribution in [0.25, 0.3) is 0 Å². The van der Waals surface area contributed by atoms with E-state index in [-0.39, 0.29) is 10.6 Å². The summed E-state index contributed by atoms with van der Waals surface area (Å²) < 4.78 is 27.2. The number of likely N-dealkylation sites (N-methyl/N-ethyl adjacent to an activating group) is 1. The Balaban J connectivity index is 1.85. The van der Waals surface area contributed by atoms with Crippen LogP contribution in [0.5, 0.6) is 0 Å². The molecule has 28 heavy (non-hydrogen) atoms. The van der Waals surface area contributed by atoms with E-state index in [2.05, 4.69) is 4.90 Å². The van der Waals surface area contributed by atoms with Crippen LogP contribution in [0.3, 0.4) is 0 Å². The van der Waals surface area contributed by atoms with Crippen LogP contribution in [-0.2, 0) is 15.8 Å². The Morgan fingerprint density at radius 2 is 1.79 bits per heavy atom. The first-order valence-electron chi connectivity index (χ1n) is 8.93. The minimum Gasteiger partial charge on any atom is -0.304 e. The number of thioether (sulfide) groups is 1. The van der Waals surface area contributed by atoms with Gasteiger partial charge in [0.15, 0.2) is 0 Å². The van der Waals surface area contributed by atoms with Crippen LogP contribution >= 0.6 is 11.8 Å². The van der Waals surface area contributed by atoms with E-state index < -0.39 is 14.9 Å². The summed E-state index contributed by atoms with van der Waals surface area (Å²) in [4.78, 5) is 13.6. The van der Waals surface area contributed by atoms with Crippen LogP contribution < -0.4 is 0 Å². The normalized spacial score (nSPS) is 16.2. The molecule has 0 radical (unpaired) electrons. The van der Waals surface area contributed by atoms with Gasteiger partial charge in [-0.1, -0.05) is 24.3 Å². The molecule has 1 heterocycles. The van der Waals surface area contributed by atoms with E-state index in [1.807, 2.05) is 38.2 Å². The zero-order valence-corrected chi connectivity index (χ0v) is 17.5. The molecule has 150 valence electrons. The molecule has 0 atom stereocenters. The fourth-order valence-corrected chi connectivity index (χ4v) is 5.55. The predicted molar refractivity (Wildman–Crippen MR) is 110 cm³/mol. The highest BCUT2D eigenvalue weighted by molar-refractivity contribution is 7.98. The van der Waals surface area contributed by atoms with Crippen LogP contribution in [0.2, 0.25) is 0 Å². The standard InChI is InChI=1S/C19H23N3O4S2/c1-15-5-3-4-6-16(15)14-27-19-8-7-17(13-18(19)22(23)24)28(25,26)21-11-9-20(2)10-12-21/h3-8,13H,9-12,14H2,1-2H3. The smallest absolute Gasteiger partial charge is 0.284 e. The second kappa shape index (κ2) is 8.60. The molecule has 0 unspecified atom stereocenters. The number of nitrogens with zero attached hydrogens (tertiary/aromatic N) is 3. The van der Waals surface area contributed by atoms with Gasteiger partial charge in [-0.15, -0.1) is 11.8 Å². The van der Waals surface area contributed by atoms with Crippen molar-refractivity contribution in [2.24, 2.45) is 0 Å². The number of benzene rings is 2. The van der Waals surface area contributed by atoms with Gasteiger partial charge in [-0.3, -0.25) is 10.1 Å². The molecule has 0 N–H and O–H groups in total. The largest absolute Gasteiger partial charge is 0.304 e. The third kappa shape index (κ3) is 4.54. The second-order valence-electron chi connectivity index (χ2n) is 6.81. The van der Waals surface area contributed by atoms with Gasteiger partial charge in [-0.25, -0.2) is 8.42 Å². The van der Waals surface area contributed by atoms with E-state index >= 15 is 0 Å². The van der Waals surface area contributed by atoms with Crippen molar-refractivity contribution in [2.45, 2.75) is 22.5 Å². The fraction of sp³-hybridized carbons (Fsp3) is 0.368. The molecule has 0 aromatic heterocycles. The van der Waals surface area contributed by atoms with Gasteiger partial charge in [0.2, 0.25) is 10.0 Å². The molecule has 2 aromatic carbocycles. The lowest BCUT2D eigenvalue weighted by molar-refractivity contribution is -0.388. The summed E-state index contributed by atoms with van der Waals surface area (Å²) in [6, 6.07) is 12.1. The second-order valence-corrected chi connectivity index (χ2v) is 9.76. The van der Waals surface area contributed by atoms with Crippen molar-refractivity contribution in [1.29, 1.82) is 0 Å². The Hall–Kier alpha value is -1.94. The first-order valence-corrected chi connectivity index (χ1v) is 11.4. The van der Waals surface area contributed by atoms with Crippen LogP contribution in [0.1, 0.15) is 11.1 Å². The molecule has 2 aromatic rings. The highest BCUT2D eigenvalue weighted by Gasteiger charge is 2.29. The van der Waals surface area contributed by atoms with Gasteiger partial charge in [0.25, 0.3) is 5.69 Å². The molecular formula is C19H23N3O4S2. The molecule has 1 fully saturated rings. The summed E-state index contributed by atoms with van der Waals surface area (Å²) in [5.41, 5.74) is 2.04. The lowest BCUT2D eigenvalue weighted by Gasteiger charge is -2.31. The highest BCUT2D eigenvalue weighted by atomic mass is 32.2. The molecule has 1 aliphatic heterocycles. The monoisotopic (exact) mass is 421 g/mol. The molecular weight excluding hydrogens is 398 g/mol. The van der Waals surface area contributed by atoms with Crippen molar-refractivity contribution in [2.75, 3.05) is 33.2 Å². The summed E-state index contributed by atoms with van der Waals surface area (Å²) in [6.45, 7) is 4.06. The van der Waals surface area contributed by atoms with Gasteiger partial charge in [0.1, 0.15) is 0 Å². The maximum Gasteiger partial charge on any atom is 0.284 e. The van der Waals surface area contributed by atoms with Gasteiger partial charge in [-0.2, -0.15) is 4.31 Å². The topological polar surface area (TPSA) is 83.8 Å². The Morgan fingerprint density at radius 3 is 2.43 bits per heavy atom. The Morgan fingerprint density at radius 1 is 1.11 bits per heavy atom. The number of sulfonamides is 1. The summed E-state index contributed by atoms with van der Waals surface area (Å²) in [6.07, 6.45) is 0. The number of piperazine rings is 1. The number of rotatable bonds is 6. The number of nitro benzene ring substituents is 1. The summed E-state index contributed by atoms with van der Waals surface area (Å²) in [7, 11) is -1.80. The Bertz CT molecular complexity index is 971. The summed E-state index contributed by atoms with van der Waals surface area (Å²) in [5.74, 6) is 0.581. The number of nitro groups is 1. The third-order valence-electron chi connectivity index (χ3n) is 4.87. The van der Waals surface area contributed by atoms with Crippen molar-refractivity contribution in [1.82, 2.24) is 9.21 Å². The van der Waals surface area contributed by atoms with Crippen LogP contribution in [0, 0.1) is 17.0 Å². The fourth-order valence-electron chi connectivity index (χ4n) is 3.03. The highest BCUT2D eigenvalue weighted by Crippen LogP contribution is 2.34. The molecule has 0 spiro atoms. The zero-order chi connectivity index (χ0) is 20.3. The van der Waals surface area contributed by atoms with Crippen molar-refractivity contribution in [3.8, 4) is 0 Å². The van der Waals surface area contributed by atoms with E-state index in [0.29, 0.717) is 36.8 Å². The van der Waals surface area contributed by atoms with Crippen LogP contribution in [0.4, 0.5) is 5.69 Å². The van der Waals surface area contributed by atoms with Crippen molar-refractivity contribution in [3.05, 3.63) is 63.7 Å². The molecule has 1 saturated heterocycles. The van der Waals surface area contributed by atoms with E-state index in [9.17, 15) is 18.5 Å². The molecule has 3 rings (SSSR count). The predicted octanol–water partition coefficient (Wildman–Crippen LogP) is 3.13. The van der Waals surface area contributed by atoms with E-state index in [1.165, 1.54) is 28.2 Å². The third-order valence-corrected chi connectivity index (χ3v) is 7.88. The molecule has 9 heteroatoms. The molecule has 0 bridgehead atoms. The maximum absolute atomic E-state index is 12.9. The first kappa shape index (κ1) is 20.8. The number of hydrogen-bond acceptors (Lipinski definition) is 6. The van der Waals surface area contributed by atoms with E-state index in [4.69, 9.17) is 0 Å². The van der Waals surface area contributed by atoms with Gasteiger partial charge in [0.05, 0.1) is 14.7 Å². The molecule has 0 saturated carbocycles. The van der Waals surface area contributed by atoms with Crippen LogP contribution in [0.15, 0.2) is 52.3 Å². The van der Waals surface area contributed by atoms with Crippen LogP contribution in [-0.4, -0.2) is 55.8 Å². The minimum atomic E-state index is -3.74. The van der Waals surface area contributed by atoms with Crippen molar-refractivity contribution in [3.63, 3.8) is 0 Å². The molecule has 1 aliphatic rings. The summed E-state index contributed by atoms with van der Waals surface area (Å²) >= 11 is 1.34. The van der Waals surface area contributed by atoms with Gasteiger partial charge >= 0.3 is 0 Å². The quantitative estimate of drug-likeness (QED) is 0.405. The Kier molecular flexibility index (Phi) is 6.39. The number of aryl methyl sites for hydroxylation is 1. The molecule has 7 nitrogen and oxygen atoms in total. The lowest BCUT2D eigenvalue weighted by Crippen LogP contribution is -2.47. The van der Waals surface area contributed by atoms with E-state index in [0.717, 1.165) is 11.1 Å². The average molecular weight is 422 g/mol. The zero-order valence-electron chi connectivity index (χ0n) is 15.9. The van der Waals surface area contributed by atoms with Crippen molar-refractivity contribution >= 4 is 27.5 Å². The first-order chi connectivity index (χ1) is 13.3. The Labute approximate surface area is 169 Å². The SMILES string of the molecule is Cc1ccccc1CSc1ccc(S(=O)(=O)N2CCN(C)CC2)cc1[N+](=O)[O-]. The van der Waals surface area contributed by atoms with Crippen molar-refractivity contribution < 1.29 is 13.3 Å². The van der Waals surface area contributed by atoms with E-state index in [1.54, 1.807) is 6.07 Å². The number of hydrogen-bond donors (Lipinski definition) is 0. The molecule has 0 aliphatic carbocycles. The molecule has 0 amide bonds. The summed E-state index contributed by atoms with van der Waals surface area (Å²) in [5, 5.41) is 11.6. The minimum absolute atomic E-state index is 0.0241. The van der Waals surface area contributed by atoms with Gasteiger partial charge in [-0.05, 0) is 37.2 Å². The average Bonchev–Trinajstić information content (AvgIpc) is 2.67. The van der Waals surface area contributed by atoms with Gasteiger partial charge < -0.3 is 4.90 Å². The van der Waals surface area contributed by atoms with Gasteiger partial charge in [0, 0.05) is 38.0 Å². The maximum atomic E-state index is 12.9.